The van der Waals surface area contributed by atoms with Gasteiger partial charge in [0.2, 0.25) is 0 Å². The molecule has 2 heteroatoms. The fourth-order valence-electron chi connectivity index (χ4n) is 3.85. The minimum absolute atomic E-state index is 0.325. The Morgan fingerprint density at radius 2 is 1.61 bits per heavy atom. The molecule has 5 rings (SSSR count). The maximum atomic E-state index is 6.17. The number of aryl methyl sites for hydroxylation is 1. The van der Waals surface area contributed by atoms with Crippen LogP contribution in [0.3, 0.4) is 0 Å². The van der Waals surface area contributed by atoms with Crippen LogP contribution in [0.4, 0.5) is 0 Å². The maximum Gasteiger partial charge on any atom is 0.135 e. The second-order valence-corrected chi connectivity index (χ2v) is 7.42. The van der Waals surface area contributed by atoms with Gasteiger partial charge < -0.3 is 4.42 Å². The van der Waals surface area contributed by atoms with Gasteiger partial charge >= 0.3 is 0 Å². The molecule has 0 N–H and O–H groups in total. The number of pyridine rings is 1. The molecule has 28 heavy (non-hydrogen) atoms. The highest BCUT2D eigenvalue weighted by atomic mass is 16.3. The van der Waals surface area contributed by atoms with E-state index in [1.54, 1.807) is 0 Å². The minimum atomic E-state index is 0.325. The molecule has 0 aliphatic rings. The molecule has 0 radical (unpaired) electrons. The third-order valence-electron chi connectivity index (χ3n) is 5.51. The van der Waals surface area contributed by atoms with E-state index in [0.29, 0.717) is 5.92 Å². The number of hydrogen-bond acceptors (Lipinski definition) is 2. The predicted molar refractivity (Wildman–Crippen MR) is 116 cm³/mol. The van der Waals surface area contributed by atoms with Crippen molar-refractivity contribution in [1.82, 2.24) is 4.98 Å². The Morgan fingerprint density at radius 1 is 0.750 bits per heavy atom. The van der Waals surface area contributed by atoms with Gasteiger partial charge in [0, 0.05) is 28.5 Å². The first-order valence-electron chi connectivity index (χ1n) is 9.63. The van der Waals surface area contributed by atoms with Gasteiger partial charge in [-0.3, -0.25) is 4.98 Å². The van der Waals surface area contributed by atoms with Crippen molar-refractivity contribution in [1.29, 1.82) is 0 Å². The molecule has 0 aliphatic carbocycles. The smallest absolute Gasteiger partial charge is 0.135 e. The van der Waals surface area contributed by atoms with E-state index >= 15 is 0 Å². The zero-order valence-electron chi connectivity index (χ0n) is 16.0. The highest BCUT2D eigenvalue weighted by Gasteiger charge is 2.13. The highest BCUT2D eigenvalue weighted by Crippen LogP contribution is 2.34. The minimum Gasteiger partial charge on any atom is -0.456 e. The number of aromatic nitrogens is 1. The van der Waals surface area contributed by atoms with E-state index in [-0.39, 0.29) is 0 Å². The molecular weight excluding hydrogens is 342 g/mol. The molecular formula is C26H21NO. The average molecular weight is 363 g/mol. The molecule has 0 spiro atoms. The van der Waals surface area contributed by atoms with Gasteiger partial charge in [-0.2, -0.15) is 0 Å². The molecule has 0 saturated carbocycles. The number of hydrogen-bond donors (Lipinski definition) is 0. The molecule has 2 heterocycles. The number of benzene rings is 3. The van der Waals surface area contributed by atoms with Crippen LogP contribution in [0.5, 0.6) is 0 Å². The zero-order valence-corrected chi connectivity index (χ0v) is 16.0. The van der Waals surface area contributed by atoms with Crippen molar-refractivity contribution in [2.45, 2.75) is 19.8 Å². The van der Waals surface area contributed by atoms with Crippen molar-refractivity contribution >= 4 is 21.9 Å². The fraction of sp³-hybridized carbons (Fsp3) is 0.115. The van der Waals surface area contributed by atoms with Gasteiger partial charge in [0.1, 0.15) is 11.2 Å². The van der Waals surface area contributed by atoms with E-state index in [1.165, 1.54) is 16.7 Å². The van der Waals surface area contributed by atoms with Gasteiger partial charge in [-0.1, -0.05) is 49.4 Å². The summed E-state index contributed by atoms with van der Waals surface area (Å²) in [4.78, 5) is 4.52. The van der Waals surface area contributed by atoms with Crippen molar-refractivity contribution in [3.63, 3.8) is 0 Å². The van der Waals surface area contributed by atoms with Crippen molar-refractivity contribution in [2.24, 2.45) is 0 Å². The topological polar surface area (TPSA) is 26.0 Å². The Balaban J connectivity index is 1.61. The predicted octanol–water partition coefficient (Wildman–Crippen LogP) is 7.11. The number of fused-ring (bicyclic) bond motifs is 3. The molecule has 0 bridgehead atoms. The molecule has 0 amide bonds. The molecule has 2 aromatic heterocycles. The molecule has 0 fully saturated rings. The number of nitrogens with zero attached hydrogens (tertiary/aromatic N) is 1. The normalized spacial score (nSPS) is 12.5. The summed E-state index contributed by atoms with van der Waals surface area (Å²) in [6.45, 7) is 4.33. The Labute approximate surface area is 164 Å². The number of rotatable bonds is 3. The Kier molecular flexibility index (Phi) is 3.98. The summed E-state index contributed by atoms with van der Waals surface area (Å²) in [6.07, 6.45) is 1.86. The lowest BCUT2D eigenvalue weighted by Gasteiger charge is -2.12. The van der Waals surface area contributed by atoms with Gasteiger partial charge in [0.05, 0.1) is 5.69 Å². The molecule has 5 aromatic rings. The van der Waals surface area contributed by atoms with E-state index in [9.17, 15) is 0 Å². The van der Waals surface area contributed by atoms with Crippen molar-refractivity contribution < 1.29 is 4.42 Å². The first-order valence-corrected chi connectivity index (χ1v) is 9.63. The lowest BCUT2D eigenvalue weighted by molar-refractivity contribution is 0.667. The van der Waals surface area contributed by atoms with Gasteiger partial charge in [0.25, 0.3) is 0 Å². The van der Waals surface area contributed by atoms with Crippen LogP contribution < -0.4 is 0 Å². The maximum absolute atomic E-state index is 6.17. The highest BCUT2D eigenvalue weighted by molar-refractivity contribution is 6.06. The average Bonchev–Trinajstić information content (AvgIpc) is 3.11. The summed E-state index contributed by atoms with van der Waals surface area (Å²) in [6, 6.07) is 27.6. The van der Waals surface area contributed by atoms with E-state index in [1.807, 2.05) is 12.3 Å². The second-order valence-electron chi connectivity index (χ2n) is 7.42. The van der Waals surface area contributed by atoms with Crippen LogP contribution in [0.15, 0.2) is 89.5 Å². The van der Waals surface area contributed by atoms with Crippen LogP contribution in [-0.4, -0.2) is 4.98 Å². The Hall–Kier alpha value is -3.39. The van der Waals surface area contributed by atoms with Crippen molar-refractivity contribution in [3.05, 3.63) is 102 Å². The molecule has 136 valence electrons. The summed E-state index contributed by atoms with van der Waals surface area (Å²) >= 11 is 0. The van der Waals surface area contributed by atoms with Gasteiger partial charge in [-0.25, -0.2) is 0 Å². The molecule has 1 unspecified atom stereocenters. The zero-order chi connectivity index (χ0) is 19.1. The standard InChI is InChI=1S/C26H21NO/c1-17-12-13-27-24(14-17)21-9-11-25-23(15-21)22-10-8-20(16-26(22)28-25)18(2)19-6-4-3-5-7-19/h3-16,18H,1-2H3. The van der Waals surface area contributed by atoms with Gasteiger partial charge in [-0.05, 0) is 60.0 Å². The van der Waals surface area contributed by atoms with E-state index in [4.69, 9.17) is 4.42 Å². The lowest BCUT2D eigenvalue weighted by Crippen LogP contribution is -1.95. The van der Waals surface area contributed by atoms with Gasteiger partial charge in [-0.15, -0.1) is 0 Å². The van der Waals surface area contributed by atoms with E-state index in [2.05, 4.69) is 91.6 Å². The van der Waals surface area contributed by atoms with Crippen LogP contribution in [0.25, 0.3) is 33.2 Å². The van der Waals surface area contributed by atoms with Crippen LogP contribution in [0.1, 0.15) is 29.5 Å². The van der Waals surface area contributed by atoms with E-state index in [0.717, 1.165) is 33.2 Å². The van der Waals surface area contributed by atoms with Crippen LogP contribution in [-0.2, 0) is 0 Å². The summed E-state index contributed by atoms with van der Waals surface area (Å²) in [5.41, 5.74) is 7.73. The van der Waals surface area contributed by atoms with E-state index < -0.39 is 0 Å². The van der Waals surface area contributed by atoms with Crippen LogP contribution in [0.2, 0.25) is 0 Å². The molecule has 1 atom stereocenters. The molecule has 2 nitrogen and oxygen atoms in total. The number of furan rings is 1. The first-order chi connectivity index (χ1) is 13.7. The fourth-order valence-corrected chi connectivity index (χ4v) is 3.85. The van der Waals surface area contributed by atoms with Crippen LogP contribution >= 0.6 is 0 Å². The Bertz CT molecular complexity index is 1280. The second kappa shape index (κ2) is 6.65. The first kappa shape index (κ1) is 16.8. The monoisotopic (exact) mass is 363 g/mol. The van der Waals surface area contributed by atoms with Crippen molar-refractivity contribution in [3.8, 4) is 11.3 Å². The summed E-state index contributed by atoms with van der Waals surface area (Å²) in [5, 5.41) is 2.28. The third kappa shape index (κ3) is 2.87. The van der Waals surface area contributed by atoms with Gasteiger partial charge in [0.15, 0.2) is 0 Å². The Morgan fingerprint density at radius 3 is 2.43 bits per heavy atom. The molecule has 3 aromatic carbocycles. The summed E-state index contributed by atoms with van der Waals surface area (Å²) < 4.78 is 6.17. The van der Waals surface area contributed by atoms with Crippen LogP contribution in [0, 0.1) is 6.92 Å². The quantitative estimate of drug-likeness (QED) is 0.341. The molecule has 0 aliphatic heterocycles. The third-order valence-corrected chi connectivity index (χ3v) is 5.51. The summed E-state index contributed by atoms with van der Waals surface area (Å²) in [5.74, 6) is 0.325. The largest absolute Gasteiger partial charge is 0.456 e. The van der Waals surface area contributed by atoms with Crippen molar-refractivity contribution in [2.75, 3.05) is 0 Å². The molecule has 0 saturated heterocycles. The SMILES string of the molecule is Cc1ccnc(-c2ccc3oc4cc(C(C)c5ccccc5)ccc4c3c2)c1. The summed E-state index contributed by atoms with van der Waals surface area (Å²) in [7, 11) is 0. The lowest BCUT2D eigenvalue weighted by atomic mass is 9.92.